The fourth-order valence-corrected chi connectivity index (χ4v) is 5.89. The van der Waals surface area contributed by atoms with Crippen LogP contribution in [0.4, 0.5) is 13.2 Å². The van der Waals surface area contributed by atoms with Crippen molar-refractivity contribution in [1.82, 2.24) is 24.8 Å². The van der Waals surface area contributed by atoms with E-state index in [1.807, 2.05) is 13.8 Å². The number of aromatic nitrogens is 4. The molecular formula is C34H29ClF3N5O5. The number of aromatic carboxylic acids is 1. The van der Waals surface area contributed by atoms with Crippen molar-refractivity contribution in [1.29, 1.82) is 0 Å². The third-order valence-corrected chi connectivity index (χ3v) is 8.63. The summed E-state index contributed by atoms with van der Waals surface area (Å²) in [5.74, 6) is -3.71. The number of carbonyl (C=O) groups excluding carboxylic acids is 1. The van der Waals surface area contributed by atoms with E-state index in [0.29, 0.717) is 12.2 Å². The predicted molar refractivity (Wildman–Crippen MR) is 170 cm³/mol. The lowest BCUT2D eigenvalue weighted by Gasteiger charge is -2.28. The van der Waals surface area contributed by atoms with Crippen LogP contribution in [0.15, 0.2) is 54.7 Å². The molecule has 14 heteroatoms. The van der Waals surface area contributed by atoms with Crippen molar-refractivity contribution in [2.24, 2.45) is 5.41 Å². The second kappa shape index (κ2) is 12.9. The highest BCUT2D eigenvalue weighted by Crippen LogP contribution is 2.41. The van der Waals surface area contributed by atoms with Gasteiger partial charge in [0.25, 0.3) is 5.91 Å². The predicted octanol–water partition coefficient (Wildman–Crippen LogP) is 6.39. The maximum atomic E-state index is 15.7. The Morgan fingerprint density at radius 3 is 2.56 bits per heavy atom. The quantitative estimate of drug-likeness (QED) is 0.184. The molecule has 248 valence electrons. The van der Waals surface area contributed by atoms with Crippen LogP contribution >= 0.6 is 11.6 Å². The van der Waals surface area contributed by atoms with Crippen LogP contribution in [0.3, 0.4) is 0 Å². The van der Waals surface area contributed by atoms with E-state index in [4.69, 9.17) is 21.1 Å². The molecule has 1 aliphatic rings. The van der Waals surface area contributed by atoms with Crippen LogP contribution in [0.1, 0.15) is 57.7 Å². The summed E-state index contributed by atoms with van der Waals surface area (Å²) in [6.45, 7) is 4.48. The number of pyridine rings is 2. The highest BCUT2D eigenvalue weighted by molar-refractivity contribution is 6.31. The number of imidazole rings is 1. The Morgan fingerprint density at radius 1 is 1.08 bits per heavy atom. The average molecular weight is 680 g/mol. The monoisotopic (exact) mass is 679 g/mol. The minimum absolute atomic E-state index is 0.0434. The van der Waals surface area contributed by atoms with Gasteiger partial charge in [-0.05, 0) is 42.0 Å². The van der Waals surface area contributed by atoms with E-state index in [1.165, 1.54) is 31.4 Å². The lowest BCUT2D eigenvalue weighted by Crippen LogP contribution is -2.27. The van der Waals surface area contributed by atoms with Crippen LogP contribution in [-0.4, -0.2) is 56.8 Å². The summed E-state index contributed by atoms with van der Waals surface area (Å²) in [7, 11) is 1.47. The Kier molecular flexibility index (Phi) is 8.84. The van der Waals surface area contributed by atoms with E-state index >= 15 is 13.2 Å². The minimum Gasteiger partial charge on any atom is -0.478 e. The summed E-state index contributed by atoms with van der Waals surface area (Å²) in [6.07, 6.45) is 1.19. The van der Waals surface area contributed by atoms with Crippen molar-refractivity contribution < 1.29 is 37.3 Å². The number of rotatable bonds is 9. The Hall–Kier alpha value is -5.01. The van der Waals surface area contributed by atoms with E-state index in [0.717, 1.165) is 18.2 Å². The number of carboxylic acids is 1. The molecule has 4 heterocycles. The number of carbonyl (C=O) groups is 2. The molecule has 3 aromatic heterocycles. The average Bonchev–Trinajstić information content (AvgIpc) is 3.59. The summed E-state index contributed by atoms with van der Waals surface area (Å²) in [4.78, 5) is 36.3. The van der Waals surface area contributed by atoms with Gasteiger partial charge < -0.3 is 24.5 Å². The molecule has 2 aromatic carbocycles. The van der Waals surface area contributed by atoms with Crippen molar-refractivity contribution >= 4 is 34.5 Å². The summed E-state index contributed by atoms with van der Waals surface area (Å²) >= 11 is 6.28. The first kappa shape index (κ1) is 32.9. The first-order chi connectivity index (χ1) is 22.9. The molecule has 1 amide bonds. The number of fused-ring (bicyclic) bond motifs is 1. The molecule has 1 aliphatic heterocycles. The van der Waals surface area contributed by atoms with Gasteiger partial charge in [0, 0.05) is 42.3 Å². The van der Waals surface area contributed by atoms with E-state index in [1.54, 1.807) is 16.7 Å². The molecule has 1 saturated heterocycles. The van der Waals surface area contributed by atoms with Gasteiger partial charge >= 0.3 is 5.97 Å². The molecule has 1 atom stereocenters. The summed E-state index contributed by atoms with van der Waals surface area (Å²) in [5, 5.41) is 12.3. The normalized spacial score (nSPS) is 15.5. The molecule has 0 bridgehead atoms. The molecule has 0 saturated carbocycles. The number of halogens is 4. The van der Waals surface area contributed by atoms with Gasteiger partial charge in [-0.1, -0.05) is 31.5 Å². The van der Waals surface area contributed by atoms with Gasteiger partial charge in [0.15, 0.2) is 5.82 Å². The number of nitrogens with one attached hydrogen (secondary N) is 1. The smallest absolute Gasteiger partial charge is 0.335 e. The molecule has 10 nitrogen and oxygen atoms in total. The van der Waals surface area contributed by atoms with Gasteiger partial charge in [-0.2, -0.15) is 0 Å². The maximum Gasteiger partial charge on any atom is 0.335 e. The van der Waals surface area contributed by atoms with Gasteiger partial charge in [-0.25, -0.2) is 27.9 Å². The Bertz CT molecular complexity index is 2090. The Balaban J connectivity index is 1.29. The van der Waals surface area contributed by atoms with E-state index in [-0.39, 0.29) is 81.5 Å². The third kappa shape index (κ3) is 6.30. The van der Waals surface area contributed by atoms with Crippen molar-refractivity contribution in [3.05, 3.63) is 105 Å². The second-order valence-corrected chi connectivity index (χ2v) is 12.4. The first-order valence-corrected chi connectivity index (χ1v) is 15.2. The van der Waals surface area contributed by atoms with Crippen LogP contribution in [-0.2, 0) is 17.8 Å². The number of hydrogen-bond donors (Lipinski definition) is 2. The van der Waals surface area contributed by atoms with Crippen LogP contribution in [0.5, 0.6) is 5.88 Å². The van der Waals surface area contributed by atoms with Crippen LogP contribution in [0, 0.1) is 22.9 Å². The van der Waals surface area contributed by atoms with Gasteiger partial charge in [0.05, 0.1) is 41.1 Å². The first-order valence-electron chi connectivity index (χ1n) is 14.8. The number of benzene rings is 2. The zero-order valence-electron chi connectivity index (χ0n) is 26.0. The molecule has 5 aromatic rings. The van der Waals surface area contributed by atoms with E-state index in [9.17, 15) is 14.7 Å². The molecule has 2 N–H and O–H groups in total. The fourth-order valence-electron chi connectivity index (χ4n) is 5.68. The standard InChI is InChI=1S/C34H29ClF3N5O5/c1-34(2)16-47-15-28(34)43-27-9-18(33(45)46)8-24(38)31(27)42-29(43)10-17-7-23(37)20(11-22(17)36)25-5-4-6-30(41-25)48-14-19-13-40-26(12-21(19)35)32(44)39-3/h4-9,11-13,28H,10,14-16H2,1-3H3,(H,39,44)(H,45,46)/t28-/m1/s1. The highest BCUT2D eigenvalue weighted by atomic mass is 35.5. The van der Waals surface area contributed by atoms with Gasteiger partial charge in [-0.3, -0.25) is 9.78 Å². The van der Waals surface area contributed by atoms with Crippen LogP contribution < -0.4 is 10.1 Å². The van der Waals surface area contributed by atoms with Crippen molar-refractivity contribution in [2.45, 2.75) is 32.9 Å². The van der Waals surface area contributed by atoms with Crippen molar-refractivity contribution in [3.8, 4) is 17.1 Å². The maximum absolute atomic E-state index is 15.7. The largest absolute Gasteiger partial charge is 0.478 e. The molecule has 48 heavy (non-hydrogen) atoms. The lowest BCUT2D eigenvalue weighted by molar-refractivity contribution is 0.0696. The summed E-state index contributed by atoms with van der Waals surface area (Å²) < 4.78 is 59.6. The minimum atomic E-state index is -1.31. The molecule has 0 radical (unpaired) electrons. The second-order valence-electron chi connectivity index (χ2n) is 12.0. The summed E-state index contributed by atoms with van der Waals surface area (Å²) in [6, 6.07) is 9.93. The Labute approximate surface area is 277 Å². The molecule has 0 unspecified atom stereocenters. The molecule has 0 aliphatic carbocycles. The Morgan fingerprint density at radius 2 is 1.88 bits per heavy atom. The summed E-state index contributed by atoms with van der Waals surface area (Å²) in [5.41, 5.74) is 0.0149. The topological polar surface area (TPSA) is 128 Å². The molecule has 6 rings (SSSR count). The third-order valence-electron chi connectivity index (χ3n) is 8.28. The number of ether oxygens (including phenoxy) is 2. The number of amides is 1. The zero-order chi connectivity index (χ0) is 34.3. The van der Waals surface area contributed by atoms with Gasteiger partial charge in [-0.15, -0.1) is 0 Å². The van der Waals surface area contributed by atoms with Crippen LogP contribution in [0.25, 0.3) is 22.3 Å². The van der Waals surface area contributed by atoms with E-state index in [2.05, 4.69) is 20.3 Å². The molecule has 1 fully saturated rings. The van der Waals surface area contributed by atoms with Gasteiger partial charge in [0.2, 0.25) is 5.88 Å². The number of carboxylic acid groups (broad SMARTS) is 1. The zero-order valence-corrected chi connectivity index (χ0v) is 26.7. The van der Waals surface area contributed by atoms with Crippen LogP contribution in [0.2, 0.25) is 5.02 Å². The fraction of sp³-hybridized carbons (Fsp3) is 0.265. The van der Waals surface area contributed by atoms with Crippen molar-refractivity contribution in [2.75, 3.05) is 20.3 Å². The number of nitrogens with zero attached hydrogens (tertiary/aromatic N) is 4. The van der Waals surface area contributed by atoms with E-state index < -0.39 is 34.7 Å². The highest BCUT2D eigenvalue weighted by Gasteiger charge is 2.39. The van der Waals surface area contributed by atoms with Gasteiger partial charge in [0.1, 0.15) is 35.3 Å². The molecule has 0 spiro atoms. The lowest BCUT2D eigenvalue weighted by atomic mass is 9.87. The SMILES string of the molecule is CNC(=O)c1cc(Cl)c(COc2cccc(-c3cc(F)c(Cc4nc5c(F)cc(C(=O)O)cc5n4[C@@H]4COCC4(C)C)cc3F)n2)cn1. The number of hydrogen-bond acceptors (Lipinski definition) is 7. The molecular weight excluding hydrogens is 651 g/mol. The van der Waals surface area contributed by atoms with Crippen molar-refractivity contribution in [3.63, 3.8) is 0 Å².